The van der Waals surface area contributed by atoms with Crippen molar-refractivity contribution in [3.8, 4) is 28.7 Å². The number of benzene rings is 3. The maximum atomic E-state index is 13.5. The van der Waals surface area contributed by atoms with Crippen LogP contribution in [0.15, 0.2) is 42.5 Å². The van der Waals surface area contributed by atoms with Gasteiger partial charge in [0.2, 0.25) is 5.75 Å². The van der Waals surface area contributed by atoms with Crippen molar-refractivity contribution in [1.29, 1.82) is 0 Å². The Kier molecular flexibility index (Phi) is 13.6. The van der Waals surface area contributed by atoms with Crippen molar-refractivity contribution in [2.45, 2.75) is 83.7 Å². The summed E-state index contributed by atoms with van der Waals surface area (Å²) in [5.41, 5.74) is 1.24. The first kappa shape index (κ1) is 32.9. The zero-order valence-corrected chi connectivity index (χ0v) is 26.3. The van der Waals surface area contributed by atoms with Crippen LogP contribution in [0.3, 0.4) is 0 Å². The molecule has 3 rings (SSSR count). The number of carbonyl (C=O) groups is 1. The first-order valence-electron chi connectivity index (χ1n) is 15.2. The number of rotatable bonds is 19. The molecule has 0 aliphatic heterocycles. The maximum absolute atomic E-state index is 13.5. The molecule has 0 saturated heterocycles. The first-order valence-corrected chi connectivity index (χ1v) is 15.2. The van der Waals surface area contributed by atoms with Gasteiger partial charge in [-0.1, -0.05) is 76.8 Å². The minimum atomic E-state index is -0.455. The standard InChI is InChI=1S/C35H48O7/c1-7-8-9-10-11-12-13-14-15-16-17-29(25-18-19-27-28(22-25)31(38-3)21-20-30(27)37-2)42-35(36)26-23-32(39-4)34(41-6)33(24-26)40-5/h18-24,29H,7-17H2,1-6H3. The molecule has 3 aromatic carbocycles. The molecule has 7 nitrogen and oxygen atoms in total. The van der Waals surface area contributed by atoms with Gasteiger partial charge < -0.3 is 28.4 Å². The molecule has 0 bridgehead atoms. The average molecular weight is 581 g/mol. The first-order chi connectivity index (χ1) is 20.5. The van der Waals surface area contributed by atoms with Gasteiger partial charge in [0.05, 0.1) is 41.1 Å². The van der Waals surface area contributed by atoms with Crippen LogP contribution in [-0.2, 0) is 4.74 Å². The van der Waals surface area contributed by atoms with Gasteiger partial charge in [0.15, 0.2) is 11.5 Å². The van der Waals surface area contributed by atoms with Crippen LogP contribution in [0.5, 0.6) is 28.7 Å². The Hall–Kier alpha value is -3.61. The molecule has 0 saturated carbocycles. The molecule has 0 aromatic heterocycles. The highest BCUT2D eigenvalue weighted by Crippen LogP contribution is 2.40. The van der Waals surface area contributed by atoms with E-state index in [-0.39, 0.29) is 0 Å². The van der Waals surface area contributed by atoms with Crippen molar-refractivity contribution in [3.63, 3.8) is 0 Å². The van der Waals surface area contributed by atoms with Crippen LogP contribution < -0.4 is 23.7 Å². The zero-order valence-electron chi connectivity index (χ0n) is 26.3. The number of ether oxygens (including phenoxy) is 6. The molecule has 0 amide bonds. The van der Waals surface area contributed by atoms with Crippen LogP contribution in [0.4, 0.5) is 0 Å². The second-order valence-electron chi connectivity index (χ2n) is 10.6. The number of unbranched alkanes of at least 4 members (excludes halogenated alkanes) is 9. The van der Waals surface area contributed by atoms with Gasteiger partial charge in [0.1, 0.15) is 17.6 Å². The summed E-state index contributed by atoms with van der Waals surface area (Å²) in [4.78, 5) is 13.5. The predicted molar refractivity (Wildman–Crippen MR) is 168 cm³/mol. The van der Waals surface area contributed by atoms with E-state index in [1.807, 2.05) is 30.3 Å². The molecule has 0 spiro atoms. The second-order valence-corrected chi connectivity index (χ2v) is 10.6. The van der Waals surface area contributed by atoms with Gasteiger partial charge in [-0.25, -0.2) is 4.79 Å². The molecule has 0 aliphatic rings. The van der Waals surface area contributed by atoms with Gasteiger partial charge in [0.25, 0.3) is 0 Å². The van der Waals surface area contributed by atoms with Gasteiger partial charge in [-0.3, -0.25) is 0 Å². The van der Waals surface area contributed by atoms with Crippen LogP contribution in [-0.4, -0.2) is 41.5 Å². The van der Waals surface area contributed by atoms with Crippen molar-refractivity contribution >= 4 is 16.7 Å². The minimum Gasteiger partial charge on any atom is -0.496 e. The lowest BCUT2D eigenvalue weighted by molar-refractivity contribution is 0.0270. The lowest BCUT2D eigenvalue weighted by Crippen LogP contribution is -2.13. The summed E-state index contributed by atoms with van der Waals surface area (Å²) < 4.78 is 33.7. The summed E-state index contributed by atoms with van der Waals surface area (Å²) in [6, 6.07) is 13.1. The molecule has 0 heterocycles. The monoisotopic (exact) mass is 580 g/mol. The van der Waals surface area contributed by atoms with Gasteiger partial charge >= 0.3 is 5.97 Å². The third-order valence-corrected chi connectivity index (χ3v) is 7.74. The molecule has 1 atom stereocenters. The van der Waals surface area contributed by atoms with Crippen molar-refractivity contribution in [2.24, 2.45) is 0 Å². The van der Waals surface area contributed by atoms with Crippen molar-refractivity contribution in [1.82, 2.24) is 0 Å². The molecule has 42 heavy (non-hydrogen) atoms. The Labute approximate surface area is 251 Å². The SMILES string of the molecule is CCCCCCCCCCCCC(OC(=O)c1cc(OC)c(OC)c(OC)c1)c1ccc2c(OC)ccc(OC)c2c1. The number of carbonyl (C=O) groups excluding carboxylic acids is 1. The molecule has 0 N–H and O–H groups in total. The number of methoxy groups -OCH3 is 5. The van der Waals surface area contributed by atoms with Crippen LogP contribution in [0.2, 0.25) is 0 Å². The highest BCUT2D eigenvalue weighted by Gasteiger charge is 2.23. The molecule has 3 aromatic rings. The fourth-order valence-electron chi connectivity index (χ4n) is 5.37. The summed E-state index contributed by atoms with van der Waals surface area (Å²) in [5.74, 6) is 2.27. The van der Waals surface area contributed by atoms with Crippen LogP contribution in [0.1, 0.15) is 99.6 Å². The molecule has 0 fully saturated rings. The summed E-state index contributed by atoms with van der Waals surface area (Å²) in [7, 11) is 7.89. The highest BCUT2D eigenvalue weighted by atomic mass is 16.5. The van der Waals surface area contributed by atoms with E-state index >= 15 is 0 Å². The van der Waals surface area contributed by atoms with Crippen molar-refractivity contribution < 1.29 is 33.2 Å². The quantitative estimate of drug-likeness (QED) is 0.103. The normalized spacial score (nSPS) is 11.7. The summed E-state index contributed by atoms with van der Waals surface area (Å²) >= 11 is 0. The van der Waals surface area contributed by atoms with E-state index in [0.717, 1.165) is 40.7 Å². The Morgan fingerprint density at radius 3 is 1.64 bits per heavy atom. The number of hydrogen-bond acceptors (Lipinski definition) is 7. The summed E-state index contributed by atoms with van der Waals surface area (Å²) in [6.45, 7) is 2.25. The van der Waals surface area contributed by atoms with Gasteiger partial charge in [-0.15, -0.1) is 0 Å². The zero-order chi connectivity index (χ0) is 30.3. The lowest BCUT2D eigenvalue weighted by Gasteiger charge is -2.21. The number of fused-ring (bicyclic) bond motifs is 1. The van der Waals surface area contributed by atoms with E-state index in [1.54, 1.807) is 26.4 Å². The van der Waals surface area contributed by atoms with E-state index in [4.69, 9.17) is 28.4 Å². The largest absolute Gasteiger partial charge is 0.496 e. The Morgan fingerprint density at radius 1 is 0.595 bits per heavy atom. The van der Waals surface area contributed by atoms with E-state index in [9.17, 15) is 4.79 Å². The van der Waals surface area contributed by atoms with Gasteiger partial charge in [-0.2, -0.15) is 0 Å². The molecule has 1 unspecified atom stereocenters. The Bertz CT molecular complexity index is 1240. The molecule has 0 radical (unpaired) electrons. The Balaban J connectivity index is 1.80. The summed E-state index contributed by atoms with van der Waals surface area (Å²) in [5, 5.41) is 1.85. The highest BCUT2D eigenvalue weighted by molar-refractivity contribution is 5.94. The van der Waals surface area contributed by atoms with Gasteiger partial charge in [-0.05, 0) is 48.7 Å². The van der Waals surface area contributed by atoms with Crippen molar-refractivity contribution in [3.05, 3.63) is 53.6 Å². The topological polar surface area (TPSA) is 72.5 Å². The fourth-order valence-corrected chi connectivity index (χ4v) is 5.37. The van der Waals surface area contributed by atoms with Crippen LogP contribution in [0, 0.1) is 0 Å². The van der Waals surface area contributed by atoms with Gasteiger partial charge in [0, 0.05) is 10.8 Å². The van der Waals surface area contributed by atoms with Crippen LogP contribution >= 0.6 is 0 Å². The van der Waals surface area contributed by atoms with E-state index in [0.29, 0.717) is 29.2 Å². The molecular weight excluding hydrogens is 532 g/mol. The minimum absolute atomic E-state index is 0.331. The van der Waals surface area contributed by atoms with Crippen LogP contribution in [0.25, 0.3) is 10.8 Å². The van der Waals surface area contributed by atoms with E-state index < -0.39 is 12.1 Å². The lowest BCUT2D eigenvalue weighted by atomic mass is 9.98. The maximum Gasteiger partial charge on any atom is 0.339 e. The Morgan fingerprint density at radius 2 is 1.12 bits per heavy atom. The van der Waals surface area contributed by atoms with E-state index in [1.165, 1.54) is 72.7 Å². The summed E-state index contributed by atoms with van der Waals surface area (Å²) in [6.07, 6.45) is 12.7. The number of esters is 1. The second kappa shape index (κ2) is 17.4. The van der Waals surface area contributed by atoms with Crippen molar-refractivity contribution in [2.75, 3.05) is 35.5 Å². The predicted octanol–water partition coefficient (Wildman–Crippen LogP) is 9.09. The molecule has 0 aliphatic carbocycles. The molecular formula is C35H48O7. The smallest absolute Gasteiger partial charge is 0.339 e. The molecule has 7 heteroatoms. The third kappa shape index (κ3) is 8.70. The fraction of sp³-hybridized carbons (Fsp3) is 0.514. The average Bonchev–Trinajstić information content (AvgIpc) is 3.03. The third-order valence-electron chi connectivity index (χ3n) is 7.74. The molecule has 230 valence electrons. The number of hydrogen-bond donors (Lipinski definition) is 0. The van der Waals surface area contributed by atoms with E-state index in [2.05, 4.69) is 6.92 Å².